The molecule has 0 aliphatic rings. The molecule has 2 N–H and O–H groups in total. The van der Waals surface area contributed by atoms with Crippen LogP contribution >= 0.6 is 0 Å². The molecule has 0 spiro atoms. The molecule has 17 heavy (non-hydrogen) atoms. The maximum absolute atomic E-state index is 11.7. The average Bonchev–Trinajstić information content (AvgIpc) is 2.59. The van der Waals surface area contributed by atoms with Gasteiger partial charge in [-0.15, -0.1) is 0 Å². The summed E-state index contributed by atoms with van der Waals surface area (Å²) in [6, 6.07) is 0.0278. The van der Waals surface area contributed by atoms with Crippen molar-refractivity contribution in [3.8, 4) is 0 Å². The van der Waals surface area contributed by atoms with Gasteiger partial charge in [0.05, 0.1) is 12.2 Å². The smallest absolute Gasteiger partial charge is 0.315 e. The predicted molar refractivity (Wildman–Crippen MR) is 67.8 cm³/mol. The van der Waals surface area contributed by atoms with Gasteiger partial charge in [-0.1, -0.05) is 6.92 Å². The lowest BCUT2D eigenvalue weighted by molar-refractivity contribution is 0.234. The van der Waals surface area contributed by atoms with Crippen molar-refractivity contribution >= 4 is 6.03 Å². The fourth-order valence-corrected chi connectivity index (χ4v) is 1.58. The van der Waals surface area contributed by atoms with Crippen LogP contribution in [0.4, 0.5) is 4.79 Å². The number of aryl methyl sites for hydroxylation is 1. The summed E-state index contributed by atoms with van der Waals surface area (Å²) in [6.07, 6.45) is 2.72. The van der Waals surface area contributed by atoms with Crippen molar-refractivity contribution in [1.82, 2.24) is 20.4 Å². The molecule has 2 amide bonds. The quantitative estimate of drug-likeness (QED) is 0.841. The lowest BCUT2D eigenvalue weighted by atomic mass is 10.1. The zero-order valence-corrected chi connectivity index (χ0v) is 11.2. The Hall–Kier alpha value is -1.52. The summed E-state index contributed by atoms with van der Waals surface area (Å²) in [6.45, 7) is 7.98. The Morgan fingerprint density at radius 1 is 1.47 bits per heavy atom. The van der Waals surface area contributed by atoms with Crippen molar-refractivity contribution in [3.63, 3.8) is 0 Å². The highest BCUT2D eigenvalue weighted by Gasteiger charge is 2.14. The first-order chi connectivity index (χ1) is 7.95. The average molecular weight is 238 g/mol. The summed E-state index contributed by atoms with van der Waals surface area (Å²) in [5.41, 5.74) is 2.12. The second kappa shape index (κ2) is 5.70. The first kappa shape index (κ1) is 13.5. The molecule has 0 aliphatic carbocycles. The molecule has 0 saturated heterocycles. The number of carbonyl (C=O) groups excluding carboxylic acids is 1. The molecular weight excluding hydrogens is 216 g/mol. The van der Waals surface area contributed by atoms with Gasteiger partial charge in [0.25, 0.3) is 0 Å². The van der Waals surface area contributed by atoms with Crippen LogP contribution < -0.4 is 10.6 Å². The van der Waals surface area contributed by atoms with Crippen molar-refractivity contribution < 1.29 is 4.79 Å². The van der Waals surface area contributed by atoms with Gasteiger partial charge in [0, 0.05) is 24.3 Å². The Morgan fingerprint density at radius 2 is 2.12 bits per heavy atom. The van der Waals surface area contributed by atoms with E-state index in [2.05, 4.69) is 15.7 Å². The minimum absolute atomic E-state index is 0.0345. The summed E-state index contributed by atoms with van der Waals surface area (Å²) in [4.78, 5) is 11.7. The number of aromatic nitrogens is 2. The zero-order chi connectivity index (χ0) is 13.0. The molecule has 0 aliphatic heterocycles. The normalized spacial score (nSPS) is 14.2. The Bertz CT molecular complexity index is 386. The highest BCUT2D eigenvalue weighted by atomic mass is 16.2. The van der Waals surface area contributed by atoms with Crippen LogP contribution in [0.15, 0.2) is 6.20 Å². The first-order valence-corrected chi connectivity index (χ1v) is 6.01. The molecule has 0 bridgehead atoms. The summed E-state index contributed by atoms with van der Waals surface area (Å²) >= 11 is 0. The van der Waals surface area contributed by atoms with Crippen LogP contribution in [0.1, 0.15) is 44.5 Å². The van der Waals surface area contributed by atoms with Gasteiger partial charge in [-0.25, -0.2) is 4.79 Å². The van der Waals surface area contributed by atoms with E-state index >= 15 is 0 Å². The Labute approximate surface area is 103 Å². The summed E-state index contributed by atoms with van der Waals surface area (Å²) < 4.78 is 1.81. The second-order valence-electron chi connectivity index (χ2n) is 4.46. The molecule has 2 atom stereocenters. The molecule has 5 nitrogen and oxygen atoms in total. The van der Waals surface area contributed by atoms with Gasteiger partial charge in [0.1, 0.15) is 0 Å². The van der Waals surface area contributed by atoms with E-state index in [0.29, 0.717) is 0 Å². The van der Waals surface area contributed by atoms with Gasteiger partial charge < -0.3 is 10.6 Å². The highest BCUT2D eigenvalue weighted by Crippen LogP contribution is 2.15. The predicted octanol–water partition coefficient (Wildman–Crippen LogP) is 1.89. The maximum atomic E-state index is 11.7. The zero-order valence-electron chi connectivity index (χ0n) is 11.2. The van der Waals surface area contributed by atoms with Crippen LogP contribution in [0, 0.1) is 6.92 Å². The molecule has 0 radical (unpaired) electrons. The van der Waals surface area contributed by atoms with Crippen LogP contribution in [-0.4, -0.2) is 21.9 Å². The van der Waals surface area contributed by atoms with E-state index in [1.807, 2.05) is 34.7 Å². The maximum Gasteiger partial charge on any atom is 0.315 e. The number of nitrogens with zero attached hydrogens (tertiary/aromatic N) is 2. The fourth-order valence-electron chi connectivity index (χ4n) is 1.58. The second-order valence-corrected chi connectivity index (χ2v) is 4.46. The number of hydrogen-bond donors (Lipinski definition) is 2. The molecule has 2 unspecified atom stereocenters. The first-order valence-electron chi connectivity index (χ1n) is 6.01. The summed E-state index contributed by atoms with van der Waals surface area (Å²) in [5, 5.41) is 9.96. The van der Waals surface area contributed by atoms with Crippen LogP contribution in [-0.2, 0) is 7.05 Å². The van der Waals surface area contributed by atoms with Gasteiger partial charge in [-0.3, -0.25) is 4.68 Å². The number of urea groups is 1. The molecule has 1 rings (SSSR count). The van der Waals surface area contributed by atoms with E-state index in [-0.39, 0.29) is 18.1 Å². The van der Waals surface area contributed by atoms with E-state index in [1.165, 1.54) is 0 Å². The van der Waals surface area contributed by atoms with Crippen LogP contribution in [0.3, 0.4) is 0 Å². The molecule has 0 aromatic carbocycles. The molecule has 1 aromatic rings. The molecule has 0 saturated carbocycles. The Kier molecular flexibility index (Phi) is 4.54. The Balaban J connectivity index is 2.57. The third kappa shape index (κ3) is 3.47. The lowest BCUT2D eigenvalue weighted by Gasteiger charge is -2.17. The van der Waals surface area contributed by atoms with Crippen molar-refractivity contribution in [1.29, 1.82) is 0 Å². The standard InChI is InChI=1S/C12H22N4O/c1-6-8(2)14-12(17)15-9(3)11-7-13-16(5)10(11)4/h7-9H,6H2,1-5H3,(H2,14,15,17). The molecule has 5 heteroatoms. The summed E-state index contributed by atoms with van der Waals surface area (Å²) in [5.74, 6) is 0. The molecule has 0 fully saturated rings. The van der Waals surface area contributed by atoms with Crippen molar-refractivity contribution in [3.05, 3.63) is 17.5 Å². The van der Waals surface area contributed by atoms with E-state index in [1.54, 1.807) is 10.9 Å². The van der Waals surface area contributed by atoms with Gasteiger partial charge in [0.15, 0.2) is 0 Å². The number of nitrogens with one attached hydrogen (secondary N) is 2. The van der Waals surface area contributed by atoms with E-state index in [0.717, 1.165) is 17.7 Å². The van der Waals surface area contributed by atoms with Crippen molar-refractivity contribution in [2.24, 2.45) is 7.05 Å². The van der Waals surface area contributed by atoms with Crippen molar-refractivity contribution in [2.45, 2.75) is 46.2 Å². The van der Waals surface area contributed by atoms with Crippen molar-refractivity contribution in [2.75, 3.05) is 0 Å². The van der Waals surface area contributed by atoms with Gasteiger partial charge in [-0.2, -0.15) is 5.10 Å². The number of amides is 2. The molecule has 96 valence electrons. The number of carbonyl (C=O) groups is 1. The number of rotatable bonds is 4. The van der Waals surface area contributed by atoms with Gasteiger partial charge >= 0.3 is 6.03 Å². The fraction of sp³-hybridized carbons (Fsp3) is 0.667. The third-order valence-electron chi connectivity index (χ3n) is 3.08. The largest absolute Gasteiger partial charge is 0.336 e. The van der Waals surface area contributed by atoms with Gasteiger partial charge in [-0.05, 0) is 27.2 Å². The molecular formula is C12H22N4O. The summed E-state index contributed by atoms with van der Waals surface area (Å²) in [7, 11) is 1.89. The van der Waals surface area contributed by atoms with Crippen LogP contribution in [0.2, 0.25) is 0 Å². The third-order valence-corrected chi connectivity index (χ3v) is 3.08. The molecule has 1 aromatic heterocycles. The molecule has 1 heterocycles. The highest BCUT2D eigenvalue weighted by molar-refractivity contribution is 5.74. The Morgan fingerprint density at radius 3 is 2.59 bits per heavy atom. The van der Waals surface area contributed by atoms with E-state index in [9.17, 15) is 4.79 Å². The monoisotopic (exact) mass is 238 g/mol. The topological polar surface area (TPSA) is 59.0 Å². The van der Waals surface area contributed by atoms with Crippen LogP contribution in [0.25, 0.3) is 0 Å². The SMILES string of the molecule is CCC(C)NC(=O)NC(C)c1cnn(C)c1C. The van der Waals surface area contributed by atoms with Gasteiger partial charge in [0.2, 0.25) is 0 Å². The van der Waals surface area contributed by atoms with E-state index < -0.39 is 0 Å². The van der Waals surface area contributed by atoms with Crippen LogP contribution in [0.5, 0.6) is 0 Å². The number of hydrogen-bond acceptors (Lipinski definition) is 2. The minimum atomic E-state index is -0.130. The lowest BCUT2D eigenvalue weighted by Crippen LogP contribution is -2.41. The van der Waals surface area contributed by atoms with E-state index in [4.69, 9.17) is 0 Å². The minimum Gasteiger partial charge on any atom is -0.336 e.